The van der Waals surface area contributed by atoms with Crippen molar-refractivity contribution in [1.82, 2.24) is 9.80 Å². The van der Waals surface area contributed by atoms with Gasteiger partial charge in [-0.1, -0.05) is 97.4 Å². The second kappa shape index (κ2) is 9.93. The fraction of sp³-hybridized carbons (Fsp3) is 0.321. The summed E-state index contributed by atoms with van der Waals surface area (Å²) >= 11 is 0. The third-order valence-electron chi connectivity index (χ3n) is 6.41. The number of carbonyl (C=O) groups is 1. The molecule has 0 radical (unpaired) electrons. The van der Waals surface area contributed by atoms with E-state index in [1.807, 2.05) is 18.2 Å². The zero-order valence-corrected chi connectivity index (χ0v) is 18.6. The lowest BCUT2D eigenvalue weighted by molar-refractivity contribution is -0.134. The molecule has 0 spiro atoms. The molecule has 1 aliphatic heterocycles. The lowest BCUT2D eigenvalue weighted by atomic mass is 9.94. The molecule has 1 fully saturated rings. The molecule has 3 aromatic carbocycles. The van der Waals surface area contributed by atoms with Crippen LogP contribution in [0.4, 0.5) is 0 Å². The van der Waals surface area contributed by atoms with Crippen molar-refractivity contribution in [2.45, 2.75) is 32.2 Å². The largest absolute Gasteiger partial charge is 0.340 e. The molecule has 31 heavy (non-hydrogen) atoms. The third kappa shape index (κ3) is 4.88. The molecule has 1 heterocycles. The van der Waals surface area contributed by atoms with Crippen LogP contribution in [0.1, 0.15) is 47.6 Å². The summed E-state index contributed by atoms with van der Waals surface area (Å²) < 4.78 is 0. The van der Waals surface area contributed by atoms with Crippen molar-refractivity contribution in [2.75, 3.05) is 26.2 Å². The number of benzene rings is 3. The first-order valence-corrected chi connectivity index (χ1v) is 11.4. The number of carbonyl (C=O) groups excluding carboxylic acids is 1. The predicted molar refractivity (Wildman–Crippen MR) is 127 cm³/mol. The number of piperazine rings is 1. The van der Waals surface area contributed by atoms with Crippen molar-refractivity contribution in [3.8, 4) is 0 Å². The Labute approximate surface area is 186 Å². The fourth-order valence-corrected chi connectivity index (χ4v) is 4.66. The summed E-state index contributed by atoms with van der Waals surface area (Å²) in [6.07, 6.45) is 0.832. The minimum atomic E-state index is -0.0465. The van der Waals surface area contributed by atoms with Gasteiger partial charge in [0.25, 0.3) is 0 Å². The second-order valence-corrected chi connectivity index (χ2v) is 8.46. The minimum absolute atomic E-state index is 0.0465. The van der Waals surface area contributed by atoms with Crippen LogP contribution >= 0.6 is 0 Å². The number of hydrogen-bond donors (Lipinski definition) is 0. The van der Waals surface area contributed by atoms with E-state index in [9.17, 15) is 4.79 Å². The highest BCUT2D eigenvalue weighted by molar-refractivity contribution is 5.83. The smallest absolute Gasteiger partial charge is 0.230 e. The highest BCUT2D eigenvalue weighted by atomic mass is 16.2. The van der Waals surface area contributed by atoms with Crippen LogP contribution in [0.2, 0.25) is 0 Å². The lowest BCUT2D eigenvalue weighted by Gasteiger charge is -2.40. The van der Waals surface area contributed by atoms with E-state index in [-0.39, 0.29) is 17.9 Å². The van der Waals surface area contributed by atoms with Crippen molar-refractivity contribution < 1.29 is 4.79 Å². The van der Waals surface area contributed by atoms with E-state index in [1.54, 1.807) is 0 Å². The molecular weight excluding hydrogens is 380 g/mol. The molecule has 1 saturated heterocycles. The van der Waals surface area contributed by atoms with Crippen LogP contribution in [0.25, 0.3) is 0 Å². The standard InChI is InChI=1S/C28H32N2O/c1-3-26(23-10-6-4-7-11-23)28(31)30-20-18-29(19-21-30)27(24-12-8-5-9-13-24)25-16-14-22(2)15-17-25/h4-17,26-27H,3,18-21H2,1-2H3/t26-,27+/m0/s1. The van der Waals surface area contributed by atoms with E-state index in [2.05, 4.69) is 90.4 Å². The zero-order chi connectivity index (χ0) is 21.6. The van der Waals surface area contributed by atoms with Gasteiger partial charge in [0.05, 0.1) is 12.0 Å². The molecule has 0 N–H and O–H groups in total. The van der Waals surface area contributed by atoms with Crippen LogP contribution in [0.3, 0.4) is 0 Å². The Hall–Kier alpha value is -2.91. The molecule has 160 valence electrons. The van der Waals surface area contributed by atoms with Gasteiger partial charge in [0.1, 0.15) is 0 Å². The molecule has 0 bridgehead atoms. The highest BCUT2D eigenvalue weighted by Gasteiger charge is 2.31. The molecule has 2 atom stereocenters. The third-order valence-corrected chi connectivity index (χ3v) is 6.41. The van der Waals surface area contributed by atoms with Crippen molar-refractivity contribution in [2.24, 2.45) is 0 Å². The van der Waals surface area contributed by atoms with Gasteiger partial charge in [0, 0.05) is 26.2 Å². The van der Waals surface area contributed by atoms with E-state index in [4.69, 9.17) is 0 Å². The number of rotatable bonds is 6. The molecule has 3 heteroatoms. The van der Waals surface area contributed by atoms with Crippen molar-refractivity contribution >= 4 is 5.91 Å². The Morgan fingerprint density at radius 2 is 1.26 bits per heavy atom. The molecule has 4 rings (SSSR count). The molecule has 0 unspecified atom stereocenters. The zero-order valence-electron chi connectivity index (χ0n) is 18.6. The van der Waals surface area contributed by atoms with Gasteiger partial charge in [0.2, 0.25) is 5.91 Å². The van der Waals surface area contributed by atoms with E-state index in [0.29, 0.717) is 0 Å². The Bertz CT molecular complexity index is 961. The van der Waals surface area contributed by atoms with Crippen molar-refractivity contribution in [1.29, 1.82) is 0 Å². The van der Waals surface area contributed by atoms with Crippen LogP contribution in [-0.4, -0.2) is 41.9 Å². The molecule has 0 aromatic heterocycles. The molecule has 3 aromatic rings. The van der Waals surface area contributed by atoms with E-state index in [1.165, 1.54) is 16.7 Å². The van der Waals surface area contributed by atoms with Crippen molar-refractivity contribution in [3.63, 3.8) is 0 Å². The van der Waals surface area contributed by atoms with Gasteiger partial charge in [0.15, 0.2) is 0 Å². The quantitative estimate of drug-likeness (QED) is 0.539. The van der Waals surface area contributed by atoms with Crippen LogP contribution in [-0.2, 0) is 4.79 Å². The SMILES string of the molecule is CC[C@H](C(=O)N1CCN([C@H](c2ccccc2)c2ccc(C)cc2)CC1)c1ccccc1. The molecule has 3 nitrogen and oxygen atoms in total. The van der Waals surface area contributed by atoms with Gasteiger partial charge in [-0.25, -0.2) is 0 Å². The predicted octanol–water partition coefficient (Wildman–Crippen LogP) is 5.42. The molecule has 0 saturated carbocycles. The van der Waals surface area contributed by atoms with Crippen LogP contribution in [0, 0.1) is 6.92 Å². The van der Waals surface area contributed by atoms with Gasteiger partial charge >= 0.3 is 0 Å². The Morgan fingerprint density at radius 1 is 0.742 bits per heavy atom. The van der Waals surface area contributed by atoms with Crippen molar-refractivity contribution in [3.05, 3.63) is 107 Å². The Balaban J connectivity index is 1.50. The maximum absolute atomic E-state index is 13.3. The van der Waals surface area contributed by atoms with E-state index in [0.717, 1.165) is 38.2 Å². The van der Waals surface area contributed by atoms with Crippen LogP contribution < -0.4 is 0 Å². The first-order valence-electron chi connectivity index (χ1n) is 11.4. The maximum atomic E-state index is 13.3. The summed E-state index contributed by atoms with van der Waals surface area (Å²) in [5.74, 6) is 0.217. The minimum Gasteiger partial charge on any atom is -0.340 e. The van der Waals surface area contributed by atoms with E-state index < -0.39 is 0 Å². The summed E-state index contributed by atoms with van der Waals surface area (Å²) in [5, 5.41) is 0. The lowest BCUT2D eigenvalue weighted by Crippen LogP contribution is -2.51. The Kier molecular flexibility index (Phi) is 6.83. The van der Waals surface area contributed by atoms with Gasteiger partial charge in [-0.3, -0.25) is 9.69 Å². The fourth-order valence-electron chi connectivity index (χ4n) is 4.66. The molecule has 0 aliphatic carbocycles. The second-order valence-electron chi connectivity index (χ2n) is 8.46. The van der Waals surface area contributed by atoms with Gasteiger partial charge < -0.3 is 4.90 Å². The van der Waals surface area contributed by atoms with Crippen LogP contribution in [0.15, 0.2) is 84.9 Å². The van der Waals surface area contributed by atoms with Gasteiger partial charge in [-0.2, -0.15) is 0 Å². The molecule has 1 aliphatic rings. The first kappa shape index (κ1) is 21.3. The average molecular weight is 413 g/mol. The summed E-state index contributed by atoms with van der Waals surface area (Å²) in [5.41, 5.74) is 5.02. The summed E-state index contributed by atoms with van der Waals surface area (Å²) in [6, 6.07) is 30.0. The molecule has 1 amide bonds. The van der Waals surface area contributed by atoms with E-state index >= 15 is 0 Å². The molecular formula is C28H32N2O. The first-order chi connectivity index (χ1) is 15.2. The highest BCUT2D eigenvalue weighted by Crippen LogP contribution is 2.30. The number of aryl methyl sites for hydroxylation is 1. The average Bonchev–Trinajstić information content (AvgIpc) is 2.83. The summed E-state index contributed by atoms with van der Waals surface area (Å²) in [7, 11) is 0. The van der Waals surface area contributed by atoms with Gasteiger partial charge in [-0.05, 0) is 30.0 Å². The summed E-state index contributed by atoms with van der Waals surface area (Å²) in [4.78, 5) is 17.9. The number of amides is 1. The van der Waals surface area contributed by atoms with Gasteiger partial charge in [-0.15, -0.1) is 0 Å². The topological polar surface area (TPSA) is 23.6 Å². The monoisotopic (exact) mass is 412 g/mol. The Morgan fingerprint density at radius 3 is 1.81 bits per heavy atom. The number of hydrogen-bond acceptors (Lipinski definition) is 2. The summed E-state index contributed by atoms with van der Waals surface area (Å²) in [6.45, 7) is 7.54. The number of nitrogens with zero attached hydrogens (tertiary/aromatic N) is 2. The van der Waals surface area contributed by atoms with Crippen LogP contribution in [0.5, 0.6) is 0 Å². The maximum Gasteiger partial charge on any atom is 0.230 e. The normalized spacial score (nSPS) is 16.6.